The van der Waals surface area contributed by atoms with E-state index in [4.69, 9.17) is 4.74 Å². The first-order valence-corrected chi connectivity index (χ1v) is 7.19. The van der Waals surface area contributed by atoms with E-state index in [0.717, 1.165) is 16.2 Å². The normalized spacial score (nSPS) is 10.3. The molecule has 2 rings (SSSR count). The van der Waals surface area contributed by atoms with E-state index < -0.39 is 0 Å². The van der Waals surface area contributed by atoms with Gasteiger partial charge in [-0.3, -0.25) is 4.79 Å². The maximum atomic E-state index is 12.8. The molecule has 0 amide bonds. The highest BCUT2D eigenvalue weighted by atomic mass is 32.2. The minimum absolute atomic E-state index is 0.132. The van der Waals surface area contributed by atoms with E-state index in [1.807, 2.05) is 24.3 Å². The molecule has 0 unspecified atom stereocenters. The third-order valence-electron chi connectivity index (χ3n) is 2.75. The van der Waals surface area contributed by atoms with E-state index in [2.05, 4.69) is 0 Å². The molecule has 20 heavy (non-hydrogen) atoms. The maximum absolute atomic E-state index is 12.8. The van der Waals surface area contributed by atoms with Crippen molar-refractivity contribution in [3.63, 3.8) is 0 Å². The number of hydrogen-bond donors (Lipinski definition) is 0. The predicted octanol–water partition coefficient (Wildman–Crippen LogP) is 3.74. The molecule has 0 aromatic heterocycles. The minimum Gasteiger partial charge on any atom is -0.497 e. The molecule has 2 aromatic rings. The smallest absolute Gasteiger partial charge is 0.147 e. The summed E-state index contributed by atoms with van der Waals surface area (Å²) < 4.78 is 17.9. The minimum atomic E-state index is -0.267. The van der Waals surface area contributed by atoms with Gasteiger partial charge < -0.3 is 4.74 Å². The summed E-state index contributed by atoms with van der Waals surface area (Å²) in [5.41, 5.74) is 0.939. The standard InChI is InChI=1S/C16H15FO2S/c1-19-15-4-2-3-12(10-15)9-14(18)11-20-16-7-5-13(17)6-8-16/h2-8,10H,9,11H2,1H3. The monoisotopic (exact) mass is 290 g/mol. The van der Waals surface area contributed by atoms with Crippen LogP contribution in [0, 0.1) is 5.82 Å². The van der Waals surface area contributed by atoms with Crippen LogP contribution in [0.3, 0.4) is 0 Å². The third kappa shape index (κ3) is 4.38. The van der Waals surface area contributed by atoms with Gasteiger partial charge in [0.2, 0.25) is 0 Å². The van der Waals surface area contributed by atoms with E-state index in [1.54, 1.807) is 19.2 Å². The van der Waals surface area contributed by atoms with Gasteiger partial charge in [0, 0.05) is 11.3 Å². The number of carbonyl (C=O) groups excluding carboxylic acids is 1. The molecule has 0 saturated carbocycles. The summed E-state index contributed by atoms with van der Waals surface area (Å²) in [4.78, 5) is 12.8. The lowest BCUT2D eigenvalue weighted by Crippen LogP contribution is -2.05. The largest absolute Gasteiger partial charge is 0.497 e. The van der Waals surface area contributed by atoms with Crippen molar-refractivity contribution in [3.05, 3.63) is 59.9 Å². The average Bonchev–Trinajstić information content (AvgIpc) is 2.47. The molecule has 104 valence electrons. The highest BCUT2D eigenvalue weighted by Crippen LogP contribution is 2.19. The lowest BCUT2D eigenvalue weighted by Gasteiger charge is -2.04. The van der Waals surface area contributed by atoms with Gasteiger partial charge in [0.25, 0.3) is 0 Å². The number of Topliss-reactive ketones (excluding diaryl/α,β-unsaturated/α-hetero) is 1. The van der Waals surface area contributed by atoms with Crippen molar-refractivity contribution in [2.75, 3.05) is 12.9 Å². The summed E-state index contributed by atoms with van der Waals surface area (Å²) in [5, 5.41) is 0. The molecule has 2 aromatic carbocycles. The van der Waals surface area contributed by atoms with Crippen LogP contribution >= 0.6 is 11.8 Å². The fraction of sp³-hybridized carbons (Fsp3) is 0.188. The number of ether oxygens (including phenoxy) is 1. The number of hydrogen-bond acceptors (Lipinski definition) is 3. The Morgan fingerprint density at radius 3 is 2.65 bits per heavy atom. The van der Waals surface area contributed by atoms with Gasteiger partial charge in [-0.05, 0) is 42.0 Å². The first-order valence-electron chi connectivity index (χ1n) is 6.20. The molecule has 0 aliphatic carbocycles. The first-order chi connectivity index (χ1) is 9.67. The molecular weight excluding hydrogens is 275 g/mol. The van der Waals surface area contributed by atoms with Gasteiger partial charge in [0.1, 0.15) is 17.3 Å². The molecule has 0 aliphatic rings. The second-order valence-electron chi connectivity index (χ2n) is 4.31. The van der Waals surface area contributed by atoms with Crippen LogP contribution in [0.2, 0.25) is 0 Å². The first kappa shape index (κ1) is 14.6. The van der Waals surface area contributed by atoms with Crippen LogP contribution in [0.25, 0.3) is 0 Å². The highest BCUT2D eigenvalue weighted by Gasteiger charge is 2.06. The molecule has 0 saturated heterocycles. The van der Waals surface area contributed by atoms with Crippen LogP contribution in [0.5, 0.6) is 5.75 Å². The molecule has 0 fully saturated rings. The van der Waals surface area contributed by atoms with Crippen molar-refractivity contribution in [2.24, 2.45) is 0 Å². The summed E-state index contributed by atoms with van der Waals surface area (Å²) in [7, 11) is 1.60. The molecule has 0 spiro atoms. The zero-order valence-electron chi connectivity index (χ0n) is 11.1. The highest BCUT2D eigenvalue weighted by molar-refractivity contribution is 8.00. The van der Waals surface area contributed by atoms with Crippen LogP contribution in [0.4, 0.5) is 4.39 Å². The molecule has 0 aliphatic heterocycles. The van der Waals surface area contributed by atoms with Gasteiger partial charge in [-0.1, -0.05) is 12.1 Å². The Bertz CT molecular complexity index is 581. The fourth-order valence-electron chi connectivity index (χ4n) is 1.76. The Hall–Kier alpha value is -1.81. The van der Waals surface area contributed by atoms with Crippen molar-refractivity contribution >= 4 is 17.5 Å². The quantitative estimate of drug-likeness (QED) is 0.758. The summed E-state index contributed by atoms with van der Waals surface area (Å²) in [6.45, 7) is 0. The number of thioether (sulfide) groups is 1. The average molecular weight is 290 g/mol. The van der Waals surface area contributed by atoms with Crippen LogP contribution in [0.15, 0.2) is 53.4 Å². The topological polar surface area (TPSA) is 26.3 Å². The lowest BCUT2D eigenvalue weighted by atomic mass is 10.1. The van der Waals surface area contributed by atoms with Crippen LogP contribution in [-0.4, -0.2) is 18.6 Å². The summed E-state index contributed by atoms with van der Waals surface area (Å²) in [6.07, 6.45) is 0.380. The predicted molar refractivity (Wildman–Crippen MR) is 78.8 cm³/mol. The van der Waals surface area contributed by atoms with Crippen LogP contribution in [0.1, 0.15) is 5.56 Å². The van der Waals surface area contributed by atoms with Gasteiger partial charge in [-0.25, -0.2) is 4.39 Å². The Labute approximate surface area is 122 Å². The van der Waals surface area contributed by atoms with Crippen molar-refractivity contribution in [3.8, 4) is 5.75 Å². The second-order valence-corrected chi connectivity index (χ2v) is 5.36. The lowest BCUT2D eigenvalue weighted by molar-refractivity contribution is -0.116. The summed E-state index contributed by atoms with van der Waals surface area (Å²) in [5.74, 6) is 0.995. The molecular formula is C16H15FO2S. The van der Waals surface area contributed by atoms with Crippen LogP contribution in [-0.2, 0) is 11.2 Å². The Morgan fingerprint density at radius 1 is 1.20 bits per heavy atom. The van der Waals surface area contributed by atoms with E-state index in [0.29, 0.717) is 12.2 Å². The Morgan fingerprint density at radius 2 is 1.95 bits per heavy atom. The number of ketones is 1. The molecule has 2 nitrogen and oxygen atoms in total. The van der Waals surface area contributed by atoms with E-state index in [9.17, 15) is 9.18 Å². The molecule has 4 heteroatoms. The number of rotatable bonds is 6. The fourth-order valence-corrected chi connectivity index (χ4v) is 2.51. The van der Waals surface area contributed by atoms with E-state index in [-0.39, 0.29) is 11.6 Å². The van der Waals surface area contributed by atoms with E-state index in [1.165, 1.54) is 23.9 Å². The van der Waals surface area contributed by atoms with Gasteiger partial charge in [-0.15, -0.1) is 11.8 Å². The Balaban J connectivity index is 1.87. The van der Waals surface area contributed by atoms with Gasteiger partial charge >= 0.3 is 0 Å². The SMILES string of the molecule is COc1cccc(CC(=O)CSc2ccc(F)cc2)c1. The molecule has 0 N–H and O–H groups in total. The van der Waals surface area contributed by atoms with Crippen molar-refractivity contribution < 1.29 is 13.9 Å². The number of benzene rings is 2. The number of carbonyl (C=O) groups is 1. The van der Waals surface area contributed by atoms with Crippen molar-refractivity contribution in [2.45, 2.75) is 11.3 Å². The summed E-state index contributed by atoms with van der Waals surface area (Å²) >= 11 is 1.42. The van der Waals surface area contributed by atoms with Gasteiger partial charge in [0.15, 0.2) is 0 Å². The van der Waals surface area contributed by atoms with Crippen molar-refractivity contribution in [1.29, 1.82) is 0 Å². The zero-order valence-corrected chi connectivity index (χ0v) is 12.0. The molecule has 0 bridgehead atoms. The van der Waals surface area contributed by atoms with Crippen molar-refractivity contribution in [1.82, 2.24) is 0 Å². The molecule has 0 heterocycles. The zero-order chi connectivity index (χ0) is 14.4. The van der Waals surface area contributed by atoms with Gasteiger partial charge in [-0.2, -0.15) is 0 Å². The number of methoxy groups -OCH3 is 1. The maximum Gasteiger partial charge on any atom is 0.147 e. The number of halogens is 1. The van der Waals surface area contributed by atoms with Crippen LogP contribution < -0.4 is 4.74 Å². The second kappa shape index (κ2) is 7.10. The van der Waals surface area contributed by atoms with E-state index >= 15 is 0 Å². The third-order valence-corrected chi connectivity index (χ3v) is 3.82. The molecule has 0 radical (unpaired) electrons. The Kier molecular flexibility index (Phi) is 5.18. The van der Waals surface area contributed by atoms with Gasteiger partial charge in [0.05, 0.1) is 12.9 Å². The summed E-state index contributed by atoms with van der Waals surface area (Å²) in [6, 6.07) is 13.6. The molecule has 0 atom stereocenters.